The first-order valence-electron chi connectivity index (χ1n) is 7.39. The molecule has 1 heterocycles. The monoisotopic (exact) mass is 344 g/mol. The van der Waals surface area contributed by atoms with Gasteiger partial charge in [-0.1, -0.05) is 41.6 Å². The van der Waals surface area contributed by atoms with Gasteiger partial charge in [-0.15, -0.1) is 0 Å². The normalized spacial score (nSPS) is 19.2. The van der Waals surface area contributed by atoms with Crippen molar-refractivity contribution in [1.29, 1.82) is 0 Å². The average Bonchev–Trinajstić information content (AvgIpc) is 2.83. The van der Waals surface area contributed by atoms with E-state index in [1.807, 2.05) is 42.5 Å². The summed E-state index contributed by atoms with van der Waals surface area (Å²) < 4.78 is 0. The molecule has 5 heteroatoms. The van der Waals surface area contributed by atoms with Crippen molar-refractivity contribution in [3.05, 3.63) is 64.2 Å². The van der Waals surface area contributed by atoms with Crippen LogP contribution in [0.15, 0.2) is 47.5 Å². The van der Waals surface area contributed by atoms with E-state index in [4.69, 9.17) is 11.6 Å². The largest absolute Gasteiger partial charge is 0.304 e. The third-order valence-electron chi connectivity index (χ3n) is 3.81. The Bertz CT molecular complexity index is 788. The number of thioether (sulfide) groups is 1. The van der Waals surface area contributed by atoms with Crippen molar-refractivity contribution in [3.63, 3.8) is 0 Å². The molecule has 3 rings (SSSR count). The van der Waals surface area contributed by atoms with Crippen LogP contribution < -0.4 is 5.32 Å². The number of aryl methyl sites for hydroxylation is 2. The summed E-state index contributed by atoms with van der Waals surface area (Å²) in [6, 6.07) is 13.6. The van der Waals surface area contributed by atoms with Crippen molar-refractivity contribution in [1.82, 2.24) is 5.32 Å². The summed E-state index contributed by atoms with van der Waals surface area (Å²) in [6.45, 7) is 4.13. The average molecular weight is 345 g/mol. The number of halogens is 1. The number of benzene rings is 2. The molecule has 1 aliphatic rings. The SMILES string of the molecule is Cc1ccc(N=C2NC(=O)[C@@H](Cc3cccc(Cl)c3)S2)cc1C. The zero-order valence-electron chi connectivity index (χ0n) is 13.0. The van der Waals surface area contributed by atoms with Crippen molar-refractivity contribution < 1.29 is 4.79 Å². The van der Waals surface area contributed by atoms with Crippen molar-refractivity contribution in [3.8, 4) is 0 Å². The summed E-state index contributed by atoms with van der Waals surface area (Å²) in [5.41, 5.74) is 4.34. The van der Waals surface area contributed by atoms with Crippen LogP contribution in [0, 0.1) is 13.8 Å². The van der Waals surface area contributed by atoms with E-state index < -0.39 is 0 Å². The lowest BCUT2D eigenvalue weighted by molar-refractivity contribution is -0.118. The summed E-state index contributed by atoms with van der Waals surface area (Å²) in [5.74, 6) is -0.00226. The Morgan fingerprint density at radius 2 is 2.00 bits per heavy atom. The minimum atomic E-state index is -0.168. The molecule has 1 aliphatic heterocycles. The molecule has 0 aromatic heterocycles. The first kappa shape index (κ1) is 16.1. The van der Waals surface area contributed by atoms with Gasteiger partial charge in [0.15, 0.2) is 5.17 Å². The number of aliphatic imine (C=N–C) groups is 1. The third-order valence-corrected chi connectivity index (χ3v) is 5.12. The summed E-state index contributed by atoms with van der Waals surface area (Å²) in [4.78, 5) is 16.7. The highest BCUT2D eigenvalue weighted by molar-refractivity contribution is 8.15. The van der Waals surface area contributed by atoms with Gasteiger partial charge < -0.3 is 5.32 Å². The number of carbonyl (C=O) groups excluding carboxylic acids is 1. The molecule has 0 radical (unpaired) electrons. The quantitative estimate of drug-likeness (QED) is 0.895. The van der Waals surface area contributed by atoms with E-state index in [1.165, 1.54) is 22.9 Å². The van der Waals surface area contributed by atoms with Crippen LogP contribution in [0.3, 0.4) is 0 Å². The molecule has 3 nitrogen and oxygen atoms in total. The van der Waals surface area contributed by atoms with E-state index in [9.17, 15) is 4.79 Å². The van der Waals surface area contributed by atoms with Gasteiger partial charge in [-0.25, -0.2) is 4.99 Å². The second-order valence-corrected chi connectivity index (χ2v) is 7.24. The Labute approximate surface area is 145 Å². The van der Waals surface area contributed by atoms with Crippen LogP contribution >= 0.6 is 23.4 Å². The minimum absolute atomic E-state index is 0.00226. The highest BCUT2D eigenvalue weighted by Crippen LogP contribution is 2.27. The van der Waals surface area contributed by atoms with E-state index in [0.29, 0.717) is 16.6 Å². The number of amides is 1. The Balaban J connectivity index is 1.74. The lowest BCUT2D eigenvalue weighted by atomic mass is 10.1. The van der Waals surface area contributed by atoms with Gasteiger partial charge in [0, 0.05) is 5.02 Å². The molecule has 0 bridgehead atoms. The Morgan fingerprint density at radius 3 is 2.74 bits per heavy atom. The highest BCUT2D eigenvalue weighted by atomic mass is 35.5. The van der Waals surface area contributed by atoms with Gasteiger partial charge in [-0.3, -0.25) is 4.79 Å². The van der Waals surface area contributed by atoms with Crippen molar-refractivity contribution in [2.75, 3.05) is 0 Å². The van der Waals surface area contributed by atoms with Gasteiger partial charge >= 0.3 is 0 Å². The molecule has 1 amide bonds. The molecular formula is C18H17ClN2OS. The molecule has 1 atom stereocenters. The van der Waals surface area contributed by atoms with Gasteiger partial charge in [0.2, 0.25) is 5.91 Å². The first-order chi connectivity index (χ1) is 11.0. The maximum absolute atomic E-state index is 12.1. The number of carbonyl (C=O) groups is 1. The molecule has 0 saturated carbocycles. The standard InChI is InChI=1S/C18H17ClN2OS/c1-11-6-7-15(8-12(11)2)20-18-21-17(22)16(23-18)10-13-4-3-5-14(19)9-13/h3-9,16H,10H2,1-2H3,(H,20,21,22)/t16-/m1/s1. The Hall–Kier alpha value is -1.78. The lowest BCUT2D eigenvalue weighted by Crippen LogP contribution is -2.25. The fraction of sp³-hybridized carbons (Fsp3) is 0.222. The van der Waals surface area contributed by atoms with E-state index in [0.717, 1.165) is 11.3 Å². The van der Waals surface area contributed by atoms with Gasteiger partial charge in [0.1, 0.15) is 0 Å². The molecular weight excluding hydrogens is 328 g/mol. The summed E-state index contributed by atoms with van der Waals surface area (Å²) in [5, 5.41) is 4.04. The zero-order valence-corrected chi connectivity index (χ0v) is 14.5. The van der Waals surface area contributed by atoms with Crippen LogP contribution in [-0.4, -0.2) is 16.3 Å². The van der Waals surface area contributed by atoms with Crippen LogP contribution in [0.5, 0.6) is 0 Å². The fourth-order valence-corrected chi connectivity index (χ4v) is 3.62. The number of nitrogens with one attached hydrogen (secondary N) is 1. The summed E-state index contributed by atoms with van der Waals surface area (Å²) in [6.07, 6.45) is 0.642. The molecule has 23 heavy (non-hydrogen) atoms. The molecule has 0 spiro atoms. The number of nitrogens with zero attached hydrogens (tertiary/aromatic N) is 1. The first-order valence-corrected chi connectivity index (χ1v) is 8.65. The minimum Gasteiger partial charge on any atom is -0.304 e. The van der Waals surface area contributed by atoms with Crippen LogP contribution in [0.25, 0.3) is 0 Å². The van der Waals surface area contributed by atoms with Gasteiger partial charge in [0.05, 0.1) is 10.9 Å². The molecule has 2 aromatic carbocycles. The second kappa shape index (κ2) is 6.77. The molecule has 0 aliphatic carbocycles. The molecule has 0 unspecified atom stereocenters. The number of rotatable bonds is 3. The smallest absolute Gasteiger partial charge is 0.239 e. The maximum atomic E-state index is 12.1. The molecule has 1 fully saturated rings. The predicted octanol–water partition coefficient (Wildman–Crippen LogP) is 4.42. The summed E-state index contributed by atoms with van der Waals surface area (Å²) >= 11 is 7.47. The van der Waals surface area contributed by atoms with Crippen LogP contribution in [0.1, 0.15) is 16.7 Å². The maximum Gasteiger partial charge on any atom is 0.239 e. The van der Waals surface area contributed by atoms with Crippen LogP contribution in [-0.2, 0) is 11.2 Å². The lowest BCUT2D eigenvalue weighted by Gasteiger charge is -2.05. The van der Waals surface area contributed by atoms with Gasteiger partial charge in [-0.2, -0.15) is 0 Å². The molecule has 2 aromatic rings. The molecule has 1 saturated heterocycles. The number of amidine groups is 1. The summed E-state index contributed by atoms with van der Waals surface area (Å²) in [7, 11) is 0. The Kier molecular flexibility index (Phi) is 4.74. The van der Waals surface area contributed by atoms with E-state index in [1.54, 1.807) is 0 Å². The van der Waals surface area contributed by atoms with Gasteiger partial charge in [0.25, 0.3) is 0 Å². The predicted molar refractivity (Wildman–Crippen MR) is 97.7 cm³/mol. The van der Waals surface area contributed by atoms with Crippen molar-refractivity contribution in [2.45, 2.75) is 25.5 Å². The second-order valence-electron chi connectivity index (χ2n) is 5.62. The number of hydrogen-bond acceptors (Lipinski definition) is 3. The van der Waals surface area contributed by atoms with E-state index in [-0.39, 0.29) is 11.2 Å². The van der Waals surface area contributed by atoms with E-state index >= 15 is 0 Å². The van der Waals surface area contributed by atoms with Crippen LogP contribution in [0.2, 0.25) is 5.02 Å². The van der Waals surface area contributed by atoms with Crippen LogP contribution in [0.4, 0.5) is 5.69 Å². The Morgan fingerprint density at radius 1 is 1.17 bits per heavy atom. The number of hydrogen-bond donors (Lipinski definition) is 1. The van der Waals surface area contributed by atoms with E-state index in [2.05, 4.69) is 24.2 Å². The topological polar surface area (TPSA) is 41.5 Å². The molecule has 118 valence electrons. The van der Waals surface area contributed by atoms with Crippen molar-refractivity contribution in [2.24, 2.45) is 4.99 Å². The van der Waals surface area contributed by atoms with Crippen molar-refractivity contribution >= 4 is 40.1 Å². The third kappa shape index (κ3) is 3.95. The highest BCUT2D eigenvalue weighted by Gasteiger charge is 2.30. The molecule has 1 N–H and O–H groups in total. The fourth-order valence-electron chi connectivity index (χ4n) is 2.38. The van der Waals surface area contributed by atoms with Gasteiger partial charge in [-0.05, 0) is 61.2 Å². The zero-order chi connectivity index (χ0) is 16.4.